The number of esters is 1. The van der Waals surface area contributed by atoms with Crippen LogP contribution in [0.25, 0.3) is 0 Å². The largest absolute Gasteiger partial charge is 0.423 e. The number of ether oxygens (including phenoxy) is 1. The molecular weight excluding hydrogens is 336 g/mol. The summed E-state index contributed by atoms with van der Waals surface area (Å²) in [5.74, 6) is -1.91. The molecule has 0 radical (unpaired) electrons. The van der Waals surface area contributed by atoms with Crippen LogP contribution in [0.5, 0.6) is 5.75 Å². The Kier molecular flexibility index (Phi) is 5.57. The van der Waals surface area contributed by atoms with E-state index in [0.29, 0.717) is 11.8 Å². The summed E-state index contributed by atoms with van der Waals surface area (Å²) in [7, 11) is 0. The van der Waals surface area contributed by atoms with Gasteiger partial charge in [0.25, 0.3) is 0 Å². The summed E-state index contributed by atoms with van der Waals surface area (Å²) in [6.07, 6.45) is 0.657. The maximum atomic E-state index is 12.4. The molecule has 2 aromatic rings. The summed E-state index contributed by atoms with van der Waals surface area (Å²) >= 11 is 0. The highest BCUT2D eigenvalue weighted by molar-refractivity contribution is 6.15. The number of hydrogen-bond donors (Lipinski definition) is 0. The van der Waals surface area contributed by atoms with Gasteiger partial charge >= 0.3 is 5.97 Å². The Balaban J connectivity index is 2.49. The van der Waals surface area contributed by atoms with Gasteiger partial charge in [-0.05, 0) is 57.2 Å². The van der Waals surface area contributed by atoms with Crippen molar-refractivity contribution in [1.82, 2.24) is 0 Å². The molecule has 0 aliphatic rings. The fourth-order valence-corrected chi connectivity index (χ4v) is 2.47. The van der Waals surface area contributed by atoms with Crippen LogP contribution in [-0.4, -0.2) is 29.6 Å². The molecule has 0 N–H and O–H groups in total. The molecule has 0 aliphatic carbocycles. The average Bonchev–Trinajstić information content (AvgIpc) is 2.60. The molecule has 26 heavy (non-hydrogen) atoms. The van der Waals surface area contributed by atoms with E-state index in [1.807, 2.05) is 0 Å². The number of Topliss-reactive ketones (excluding diaryl/α,β-unsaturated/α-hetero) is 3. The molecule has 0 heterocycles. The first-order valence-corrected chi connectivity index (χ1v) is 7.73. The summed E-state index contributed by atoms with van der Waals surface area (Å²) < 4.78 is 5.21. The van der Waals surface area contributed by atoms with Crippen molar-refractivity contribution in [3.8, 4) is 5.75 Å². The zero-order valence-electron chi connectivity index (χ0n) is 14.5. The normalized spacial score (nSPS) is 10.1. The number of rotatable bonds is 6. The minimum absolute atomic E-state index is 0.00288. The van der Waals surface area contributed by atoms with Crippen molar-refractivity contribution in [2.24, 2.45) is 0 Å². The van der Waals surface area contributed by atoms with Crippen LogP contribution >= 0.6 is 0 Å². The van der Waals surface area contributed by atoms with Crippen molar-refractivity contribution in [2.45, 2.75) is 20.8 Å². The number of carbonyl (C=O) groups is 5. The Morgan fingerprint density at radius 1 is 0.808 bits per heavy atom. The summed E-state index contributed by atoms with van der Waals surface area (Å²) in [4.78, 5) is 58.7. The molecule has 0 atom stereocenters. The molecule has 6 nitrogen and oxygen atoms in total. The van der Waals surface area contributed by atoms with Crippen molar-refractivity contribution in [1.29, 1.82) is 0 Å². The number of aldehydes is 1. The van der Waals surface area contributed by atoms with Gasteiger partial charge in [0.05, 0.1) is 5.56 Å². The smallest absolute Gasteiger partial charge is 0.343 e. The lowest BCUT2D eigenvalue weighted by Gasteiger charge is -2.12. The van der Waals surface area contributed by atoms with Crippen LogP contribution < -0.4 is 4.74 Å². The number of hydrogen-bond acceptors (Lipinski definition) is 6. The molecule has 2 rings (SSSR count). The molecule has 0 saturated heterocycles. The van der Waals surface area contributed by atoms with Gasteiger partial charge < -0.3 is 4.74 Å². The maximum absolute atomic E-state index is 12.4. The lowest BCUT2D eigenvalue weighted by atomic mass is 9.91. The molecule has 0 spiro atoms. The highest BCUT2D eigenvalue weighted by Gasteiger charge is 2.23. The van der Waals surface area contributed by atoms with Crippen molar-refractivity contribution < 1.29 is 28.7 Å². The van der Waals surface area contributed by atoms with Gasteiger partial charge in [0.1, 0.15) is 12.0 Å². The minimum atomic E-state index is -0.788. The molecular formula is C20H16O6. The quantitative estimate of drug-likeness (QED) is 0.342. The number of benzene rings is 2. The topological polar surface area (TPSA) is 94.6 Å². The van der Waals surface area contributed by atoms with Crippen LogP contribution in [0.2, 0.25) is 0 Å². The van der Waals surface area contributed by atoms with Gasteiger partial charge in [0.15, 0.2) is 17.3 Å². The van der Waals surface area contributed by atoms with E-state index in [9.17, 15) is 24.0 Å². The first-order valence-electron chi connectivity index (χ1n) is 7.73. The Morgan fingerprint density at radius 2 is 1.31 bits per heavy atom. The first-order chi connectivity index (χ1) is 12.2. The molecule has 0 unspecified atom stereocenters. The van der Waals surface area contributed by atoms with Gasteiger partial charge in [0.2, 0.25) is 0 Å². The van der Waals surface area contributed by atoms with E-state index >= 15 is 0 Å². The summed E-state index contributed by atoms with van der Waals surface area (Å²) in [5.41, 5.74) is 0.386. The minimum Gasteiger partial charge on any atom is -0.423 e. The van der Waals surface area contributed by atoms with Gasteiger partial charge in [-0.25, -0.2) is 4.79 Å². The van der Waals surface area contributed by atoms with Crippen molar-refractivity contribution >= 4 is 29.6 Å². The van der Waals surface area contributed by atoms with E-state index in [1.54, 1.807) is 0 Å². The molecule has 0 aliphatic heterocycles. The van der Waals surface area contributed by atoms with Crippen molar-refractivity contribution in [2.75, 3.05) is 0 Å². The van der Waals surface area contributed by atoms with Crippen molar-refractivity contribution in [3.63, 3.8) is 0 Å². The van der Waals surface area contributed by atoms with Crippen molar-refractivity contribution in [3.05, 3.63) is 64.2 Å². The van der Waals surface area contributed by atoms with E-state index in [0.717, 1.165) is 0 Å². The van der Waals surface area contributed by atoms with Gasteiger partial charge in [-0.15, -0.1) is 0 Å². The molecule has 2 aromatic carbocycles. The molecule has 132 valence electrons. The SMILES string of the molecule is CC(=O)c1cc(C(=O)Oc2ccc(C=O)cc2)cc(C(C)=O)c1C(C)=O. The van der Waals surface area contributed by atoms with E-state index < -0.39 is 23.3 Å². The second kappa shape index (κ2) is 7.65. The summed E-state index contributed by atoms with van der Waals surface area (Å²) in [6.45, 7) is 3.75. The number of carbonyl (C=O) groups excluding carboxylic acids is 5. The molecule has 0 fully saturated rings. The fourth-order valence-electron chi connectivity index (χ4n) is 2.47. The monoisotopic (exact) mass is 352 g/mol. The second-order valence-corrected chi connectivity index (χ2v) is 5.69. The van der Waals surface area contributed by atoms with Crippen LogP contribution in [0.3, 0.4) is 0 Å². The summed E-state index contributed by atoms with van der Waals surface area (Å²) in [5, 5.41) is 0. The van der Waals surface area contributed by atoms with Crippen LogP contribution in [0.4, 0.5) is 0 Å². The Bertz CT molecular complexity index is 887. The Hall–Kier alpha value is -3.41. The lowest BCUT2D eigenvalue weighted by Crippen LogP contribution is -2.16. The third kappa shape index (κ3) is 3.97. The summed E-state index contributed by atoms with van der Waals surface area (Å²) in [6, 6.07) is 8.35. The lowest BCUT2D eigenvalue weighted by molar-refractivity contribution is 0.0734. The predicted octanol–water partition coefficient (Wildman–Crippen LogP) is 3.33. The first kappa shape index (κ1) is 18.9. The highest BCUT2D eigenvalue weighted by atomic mass is 16.5. The fraction of sp³-hybridized carbons (Fsp3) is 0.150. The van der Waals surface area contributed by atoms with Gasteiger partial charge in [-0.1, -0.05) is 0 Å². The average molecular weight is 352 g/mol. The third-order valence-electron chi connectivity index (χ3n) is 3.71. The van der Waals surface area contributed by atoms with E-state index in [1.165, 1.54) is 57.2 Å². The van der Waals surface area contributed by atoms with Crippen LogP contribution in [0.15, 0.2) is 36.4 Å². The standard InChI is InChI=1S/C20H16O6/c1-11(22)17-8-15(9-18(12(2)23)19(17)13(3)24)20(25)26-16-6-4-14(10-21)5-7-16/h4-10H,1-3H3. The van der Waals surface area contributed by atoms with Gasteiger partial charge in [-0.3, -0.25) is 19.2 Å². The molecule has 0 amide bonds. The predicted molar refractivity (Wildman–Crippen MR) is 93.2 cm³/mol. The molecule has 0 bridgehead atoms. The zero-order valence-corrected chi connectivity index (χ0v) is 14.5. The molecule has 6 heteroatoms. The maximum Gasteiger partial charge on any atom is 0.343 e. The zero-order chi connectivity index (χ0) is 19.4. The highest BCUT2D eigenvalue weighted by Crippen LogP contribution is 2.22. The van der Waals surface area contributed by atoms with Crippen LogP contribution in [-0.2, 0) is 0 Å². The van der Waals surface area contributed by atoms with E-state index in [2.05, 4.69) is 0 Å². The van der Waals surface area contributed by atoms with Crippen LogP contribution in [0.1, 0.15) is 72.6 Å². The molecule has 0 aromatic heterocycles. The van der Waals surface area contributed by atoms with Gasteiger partial charge in [0, 0.05) is 22.3 Å². The Labute approximate surface area is 149 Å². The second-order valence-electron chi connectivity index (χ2n) is 5.69. The van der Waals surface area contributed by atoms with E-state index in [-0.39, 0.29) is 28.0 Å². The molecule has 0 saturated carbocycles. The van der Waals surface area contributed by atoms with E-state index in [4.69, 9.17) is 4.74 Å². The third-order valence-corrected chi connectivity index (χ3v) is 3.71. The van der Waals surface area contributed by atoms with Gasteiger partial charge in [-0.2, -0.15) is 0 Å². The Morgan fingerprint density at radius 3 is 1.69 bits per heavy atom. The number of ketones is 3. The van der Waals surface area contributed by atoms with Crippen LogP contribution in [0, 0.1) is 0 Å².